The molecule has 3 rings (SSSR count). The Morgan fingerprint density at radius 2 is 1.90 bits per heavy atom. The van der Waals surface area contributed by atoms with Gasteiger partial charge in [-0.3, -0.25) is 4.79 Å². The van der Waals surface area contributed by atoms with Gasteiger partial charge >= 0.3 is 6.03 Å². The fraction of sp³-hybridized carbons (Fsp3) is 0.600. The van der Waals surface area contributed by atoms with E-state index >= 15 is 0 Å². The van der Waals surface area contributed by atoms with Crippen LogP contribution in [0.5, 0.6) is 0 Å². The number of piperazine rings is 1. The van der Waals surface area contributed by atoms with Gasteiger partial charge in [0.05, 0.1) is 4.88 Å². The van der Waals surface area contributed by atoms with E-state index in [1.165, 1.54) is 16.9 Å². The third kappa shape index (κ3) is 2.90. The van der Waals surface area contributed by atoms with E-state index in [1.54, 1.807) is 16.2 Å². The molecule has 0 unspecified atom stereocenters. The van der Waals surface area contributed by atoms with Gasteiger partial charge in [-0.15, -0.1) is 11.3 Å². The molecule has 1 fully saturated rings. The summed E-state index contributed by atoms with van der Waals surface area (Å²) in [7, 11) is 0. The molecule has 1 aromatic rings. The third-order valence-electron chi connectivity index (χ3n) is 4.14. The summed E-state index contributed by atoms with van der Waals surface area (Å²) in [5, 5.41) is 2.80. The molecule has 21 heavy (non-hydrogen) atoms. The number of fused-ring (bicyclic) bond motifs is 1. The molecule has 1 saturated heterocycles. The molecule has 1 N–H and O–H groups in total. The zero-order valence-corrected chi connectivity index (χ0v) is 13.2. The minimum atomic E-state index is -0.0281. The first-order valence-electron chi connectivity index (χ1n) is 7.62. The minimum Gasteiger partial charge on any atom is -0.338 e. The Bertz CT molecular complexity index is 526. The molecule has 0 aromatic carbocycles. The molecular weight excluding hydrogens is 286 g/mol. The molecule has 0 atom stereocenters. The number of thiophene rings is 1. The maximum Gasteiger partial charge on any atom is 0.317 e. The van der Waals surface area contributed by atoms with Crippen molar-refractivity contribution in [2.45, 2.75) is 26.2 Å². The lowest BCUT2D eigenvalue weighted by Gasteiger charge is -2.34. The Morgan fingerprint density at radius 1 is 1.19 bits per heavy atom. The number of aryl methyl sites for hydroxylation is 2. The summed E-state index contributed by atoms with van der Waals surface area (Å²) in [5.74, 6) is 0.130. The highest BCUT2D eigenvalue weighted by molar-refractivity contribution is 7.14. The number of nitrogens with one attached hydrogen (secondary N) is 1. The van der Waals surface area contributed by atoms with Gasteiger partial charge in [-0.1, -0.05) is 0 Å². The monoisotopic (exact) mass is 307 g/mol. The average molecular weight is 307 g/mol. The fourth-order valence-corrected chi connectivity index (χ4v) is 4.19. The number of hydrogen-bond donors (Lipinski definition) is 1. The van der Waals surface area contributed by atoms with Crippen molar-refractivity contribution in [3.63, 3.8) is 0 Å². The normalized spacial score (nSPS) is 17.8. The van der Waals surface area contributed by atoms with Gasteiger partial charge in [0.15, 0.2) is 0 Å². The standard InChI is InChI=1S/C15H21N3O2S/c1-2-16-15(20)18-8-6-17(7-9-18)14(19)13-10-11-4-3-5-12(11)21-13/h10H,2-9H2,1H3,(H,16,20). The van der Waals surface area contributed by atoms with Crippen molar-refractivity contribution >= 4 is 23.3 Å². The van der Waals surface area contributed by atoms with E-state index in [-0.39, 0.29) is 11.9 Å². The summed E-state index contributed by atoms with van der Waals surface area (Å²) >= 11 is 1.65. The van der Waals surface area contributed by atoms with Gasteiger partial charge in [0.1, 0.15) is 0 Å². The Hall–Kier alpha value is -1.56. The summed E-state index contributed by atoms with van der Waals surface area (Å²) in [6.45, 7) is 5.02. The fourth-order valence-electron chi connectivity index (χ4n) is 2.97. The number of carbonyl (C=O) groups is 2. The first-order valence-corrected chi connectivity index (χ1v) is 8.44. The number of urea groups is 1. The molecule has 2 aliphatic rings. The lowest BCUT2D eigenvalue weighted by molar-refractivity contribution is 0.0670. The van der Waals surface area contributed by atoms with Crippen LogP contribution in [0.2, 0.25) is 0 Å². The van der Waals surface area contributed by atoms with Gasteiger partial charge in [-0.2, -0.15) is 0 Å². The lowest BCUT2D eigenvalue weighted by Crippen LogP contribution is -2.53. The molecule has 1 aliphatic carbocycles. The Balaban J connectivity index is 1.58. The number of amides is 3. The highest BCUT2D eigenvalue weighted by Gasteiger charge is 2.26. The zero-order chi connectivity index (χ0) is 14.8. The molecule has 0 spiro atoms. The van der Waals surface area contributed by atoms with Crippen molar-refractivity contribution in [3.05, 3.63) is 21.4 Å². The molecule has 0 saturated carbocycles. The van der Waals surface area contributed by atoms with E-state index in [2.05, 4.69) is 11.4 Å². The SMILES string of the molecule is CCNC(=O)N1CCN(C(=O)c2cc3c(s2)CCC3)CC1. The van der Waals surface area contributed by atoms with Crippen LogP contribution in [0.25, 0.3) is 0 Å². The van der Waals surface area contributed by atoms with Crippen LogP contribution in [-0.2, 0) is 12.8 Å². The van der Waals surface area contributed by atoms with Crippen LogP contribution in [0, 0.1) is 0 Å². The molecule has 1 aromatic heterocycles. The van der Waals surface area contributed by atoms with Gasteiger partial charge in [0.25, 0.3) is 5.91 Å². The second-order valence-electron chi connectivity index (χ2n) is 5.53. The average Bonchev–Trinajstić information content (AvgIpc) is 3.08. The predicted molar refractivity (Wildman–Crippen MR) is 82.9 cm³/mol. The van der Waals surface area contributed by atoms with E-state index in [4.69, 9.17) is 0 Å². The van der Waals surface area contributed by atoms with E-state index < -0.39 is 0 Å². The van der Waals surface area contributed by atoms with Gasteiger partial charge in [-0.25, -0.2) is 4.79 Å². The second kappa shape index (κ2) is 6.05. The molecule has 5 nitrogen and oxygen atoms in total. The maximum absolute atomic E-state index is 12.5. The van der Waals surface area contributed by atoms with Crippen molar-refractivity contribution in [1.29, 1.82) is 0 Å². The molecule has 0 radical (unpaired) electrons. The highest BCUT2D eigenvalue weighted by Crippen LogP contribution is 2.31. The summed E-state index contributed by atoms with van der Waals surface area (Å²) in [5.41, 5.74) is 1.37. The highest BCUT2D eigenvalue weighted by atomic mass is 32.1. The quantitative estimate of drug-likeness (QED) is 0.904. The molecule has 114 valence electrons. The summed E-state index contributed by atoms with van der Waals surface area (Å²) < 4.78 is 0. The molecule has 0 bridgehead atoms. The van der Waals surface area contributed by atoms with Crippen molar-refractivity contribution < 1.29 is 9.59 Å². The van der Waals surface area contributed by atoms with Crippen LogP contribution >= 0.6 is 11.3 Å². The van der Waals surface area contributed by atoms with Gasteiger partial charge in [0, 0.05) is 37.6 Å². The van der Waals surface area contributed by atoms with Crippen molar-refractivity contribution in [2.75, 3.05) is 32.7 Å². The zero-order valence-electron chi connectivity index (χ0n) is 12.4. The summed E-state index contributed by atoms with van der Waals surface area (Å²) in [6, 6.07) is 2.05. The van der Waals surface area contributed by atoms with E-state index in [9.17, 15) is 9.59 Å². The van der Waals surface area contributed by atoms with Gasteiger partial charge < -0.3 is 15.1 Å². The minimum absolute atomic E-state index is 0.0281. The first kappa shape index (κ1) is 14.4. The Morgan fingerprint density at radius 3 is 2.57 bits per heavy atom. The van der Waals surface area contributed by atoms with E-state index in [0.717, 1.165) is 17.7 Å². The number of rotatable bonds is 2. The van der Waals surface area contributed by atoms with Crippen molar-refractivity contribution in [1.82, 2.24) is 15.1 Å². The Labute approximate surface area is 128 Å². The third-order valence-corrected chi connectivity index (χ3v) is 5.36. The smallest absolute Gasteiger partial charge is 0.317 e. The summed E-state index contributed by atoms with van der Waals surface area (Å²) in [4.78, 5) is 30.2. The molecule has 3 amide bonds. The number of hydrogen-bond acceptors (Lipinski definition) is 3. The Kier molecular flexibility index (Phi) is 4.14. The van der Waals surface area contributed by atoms with Crippen LogP contribution < -0.4 is 5.32 Å². The topological polar surface area (TPSA) is 52.7 Å². The van der Waals surface area contributed by atoms with Crippen LogP contribution in [0.15, 0.2) is 6.07 Å². The van der Waals surface area contributed by atoms with E-state index in [0.29, 0.717) is 32.7 Å². The molecular formula is C15H21N3O2S. The second-order valence-corrected chi connectivity index (χ2v) is 6.66. The van der Waals surface area contributed by atoms with Crippen LogP contribution in [0.4, 0.5) is 4.79 Å². The number of nitrogens with zero attached hydrogens (tertiary/aromatic N) is 2. The van der Waals surface area contributed by atoms with E-state index in [1.807, 2.05) is 11.8 Å². The predicted octanol–water partition coefficient (Wildman–Crippen LogP) is 1.72. The van der Waals surface area contributed by atoms with Crippen LogP contribution in [0.1, 0.15) is 33.5 Å². The van der Waals surface area contributed by atoms with Crippen molar-refractivity contribution in [3.8, 4) is 0 Å². The lowest BCUT2D eigenvalue weighted by atomic mass is 10.2. The summed E-state index contributed by atoms with van der Waals surface area (Å²) in [6.07, 6.45) is 3.46. The molecule has 6 heteroatoms. The van der Waals surface area contributed by atoms with Gasteiger partial charge in [-0.05, 0) is 37.8 Å². The largest absolute Gasteiger partial charge is 0.338 e. The first-order chi connectivity index (χ1) is 10.2. The van der Waals surface area contributed by atoms with Crippen LogP contribution in [-0.4, -0.2) is 54.5 Å². The maximum atomic E-state index is 12.5. The number of carbonyl (C=O) groups excluding carboxylic acids is 2. The van der Waals surface area contributed by atoms with Gasteiger partial charge in [0.2, 0.25) is 0 Å². The van der Waals surface area contributed by atoms with Crippen molar-refractivity contribution in [2.24, 2.45) is 0 Å². The van der Waals surface area contributed by atoms with Crippen LogP contribution in [0.3, 0.4) is 0 Å². The molecule has 1 aliphatic heterocycles. The molecule has 2 heterocycles.